The maximum atomic E-state index is 11.0. The molecule has 0 bridgehead atoms. The summed E-state index contributed by atoms with van der Waals surface area (Å²) in [5.41, 5.74) is 0.955. The van der Waals surface area contributed by atoms with Crippen molar-refractivity contribution in [1.29, 1.82) is 0 Å². The number of aromatic nitrogens is 3. The average molecular weight is 436 g/mol. The van der Waals surface area contributed by atoms with E-state index >= 15 is 0 Å². The molecule has 0 aliphatic heterocycles. The molecular weight excluding hydrogens is 398 g/mol. The van der Waals surface area contributed by atoms with E-state index in [1.807, 2.05) is 13.0 Å². The van der Waals surface area contributed by atoms with Crippen LogP contribution >= 0.6 is 11.6 Å². The van der Waals surface area contributed by atoms with E-state index in [1.54, 1.807) is 0 Å². The van der Waals surface area contributed by atoms with Crippen LogP contribution in [0.4, 0.5) is 0 Å². The number of ether oxygens (including phenoxy) is 1. The Morgan fingerprint density at radius 2 is 1.43 bits per heavy atom. The normalized spacial score (nSPS) is 11.3. The molecule has 0 aromatic carbocycles. The maximum Gasteiger partial charge on any atom is 0.305 e. The molecule has 0 fully saturated rings. The van der Waals surface area contributed by atoms with E-state index in [1.165, 1.54) is 77.7 Å². The first-order chi connectivity index (χ1) is 14.6. The lowest BCUT2D eigenvalue weighted by Crippen LogP contribution is -1.99. The Bertz CT molecular complexity index is 760. The highest BCUT2D eigenvalue weighted by Crippen LogP contribution is 2.22. The van der Waals surface area contributed by atoms with Gasteiger partial charge in [-0.05, 0) is 25.8 Å². The number of unbranched alkanes of at least 4 members (excludes halogenated alkanes) is 12. The Balaban J connectivity index is 1.40. The number of methoxy groups -OCH3 is 1. The minimum atomic E-state index is -0.0808. The highest BCUT2D eigenvalue weighted by atomic mass is 35.5. The summed E-state index contributed by atoms with van der Waals surface area (Å²) in [5, 5.41) is 1.50. The van der Waals surface area contributed by atoms with Crippen LogP contribution in [-0.2, 0) is 16.1 Å². The second-order valence-corrected chi connectivity index (χ2v) is 8.59. The molecule has 2 rings (SSSR count). The highest BCUT2D eigenvalue weighted by molar-refractivity contribution is 6.33. The van der Waals surface area contributed by atoms with Crippen molar-refractivity contribution >= 4 is 28.6 Å². The van der Waals surface area contributed by atoms with Gasteiger partial charge in [0.15, 0.2) is 0 Å². The molecule has 5 nitrogen and oxygen atoms in total. The maximum absolute atomic E-state index is 11.0. The number of hydrogen-bond acceptors (Lipinski definition) is 4. The van der Waals surface area contributed by atoms with Crippen molar-refractivity contribution in [3.63, 3.8) is 0 Å². The Hall–Kier alpha value is -1.62. The Kier molecular flexibility index (Phi) is 11.8. The highest BCUT2D eigenvalue weighted by Gasteiger charge is 2.08. The Morgan fingerprint density at radius 1 is 0.900 bits per heavy atom. The topological polar surface area (TPSA) is 57.0 Å². The number of carbonyl (C=O) groups is 1. The van der Waals surface area contributed by atoms with Gasteiger partial charge in [0.05, 0.1) is 12.5 Å². The molecule has 0 atom stereocenters. The molecule has 0 spiro atoms. The number of fused-ring (bicyclic) bond motifs is 1. The fourth-order valence-corrected chi connectivity index (χ4v) is 4.18. The predicted octanol–water partition coefficient (Wildman–Crippen LogP) is 7.03. The van der Waals surface area contributed by atoms with Gasteiger partial charge in [0, 0.05) is 19.2 Å². The van der Waals surface area contributed by atoms with Crippen LogP contribution < -0.4 is 0 Å². The first kappa shape index (κ1) is 24.6. The molecule has 2 heterocycles. The summed E-state index contributed by atoms with van der Waals surface area (Å²) in [7, 11) is 1.46. The van der Waals surface area contributed by atoms with Gasteiger partial charge < -0.3 is 9.30 Å². The third-order valence-electron chi connectivity index (χ3n) is 5.69. The Labute approximate surface area is 186 Å². The largest absolute Gasteiger partial charge is 0.469 e. The van der Waals surface area contributed by atoms with Crippen molar-refractivity contribution < 1.29 is 9.53 Å². The lowest BCUT2D eigenvalue weighted by molar-refractivity contribution is -0.140. The fraction of sp³-hybridized carbons (Fsp3) is 0.708. The molecule has 168 valence electrons. The van der Waals surface area contributed by atoms with Gasteiger partial charge in [0.2, 0.25) is 0 Å². The van der Waals surface area contributed by atoms with Gasteiger partial charge in [0.1, 0.15) is 16.6 Å². The zero-order valence-corrected chi connectivity index (χ0v) is 19.6. The molecule has 0 aliphatic rings. The van der Waals surface area contributed by atoms with E-state index in [9.17, 15) is 4.79 Å². The van der Waals surface area contributed by atoms with Gasteiger partial charge in [-0.2, -0.15) is 0 Å². The van der Waals surface area contributed by atoms with E-state index < -0.39 is 0 Å². The van der Waals surface area contributed by atoms with Crippen LogP contribution in [0.3, 0.4) is 0 Å². The number of carbonyl (C=O) groups excluding carboxylic acids is 1. The molecule has 0 saturated heterocycles. The van der Waals surface area contributed by atoms with Crippen LogP contribution in [0.1, 0.15) is 95.7 Å². The second kappa shape index (κ2) is 14.4. The molecule has 0 N–H and O–H groups in total. The first-order valence-corrected chi connectivity index (χ1v) is 12.1. The number of hydrogen-bond donors (Lipinski definition) is 0. The number of halogens is 1. The molecule has 2 aromatic heterocycles. The quantitative estimate of drug-likeness (QED) is 0.161. The van der Waals surface area contributed by atoms with Crippen molar-refractivity contribution in [2.75, 3.05) is 7.11 Å². The summed E-state index contributed by atoms with van der Waals surface area (Å²) in [5.74, 6) is 0.647. The number of rotatable bonds is 16. The van der Waals surface area contributed by atoms with Crippen LogP contribution in [0, 0.1) is 6.92 Å². The van der Waals surface area contributed by atoms with Gasteiger partial charge in [0.25, 0.3) is 0 Å². The van der Waals surface area contributed by atoms with E-state index in [2.05, 4.69) is 25.5 Å². The van der Waals surface area contributed by atoms with Crippen molar-refractivity contribution in [3.8, 4) is 0 Å². The van der Waals surface area contributed by atoms with Crippen LogP contribution in [0.2, 0.25) is 5.15 Å². The predicted molar refractivity (Wildman–Crippen MR) is 124 cm³/mol. The summed E-state index contributed by atoms with van der Waals surface area (Å²) in [6, 6.07) is 2.01. The number of nitrogens with zero attached hydrogens (tertiary/aromatic N) is 3. The molecule has 2 aromatic rings. The molecule has 0 amide bonds. The van der Waals surface area contributed by atoms with Gasteiger partial charge in [-0.15, -0.1) is 0 Å². The smallest absolute Gasteiger partial charge is 0.305 e. The third kappa shape index (κ3) is 9.03. The van der Waals surface area contributed by atoms with Gasteiger partial charge in [-0.1, -0.05) is 82.2 Å². The van der Waals surface area contributed by atoms with Gasteiger partial charge in [-0.25, -0.2) is 9.97 Å². The van der Waals surface area contributed by atoms with Crippen molar-refractivity contribution in [2.45, 2.75) is 103 Å². The molecule has 0 radical (unpaired) electrons. The third-order valence-corrected chi connectivity index (χ3v) is 5.98. The zero-order valence-electron chi connectivity index (χ0n) is 18.8. The molecule has 30 heavy (non-hydrogen) atoms. The standard InChI is InChI=1S/C24H38ClN3O2/c1-20-26-23(25)21-17-19-28(24(21)27-20)18-15-13-11-9-7-5-3-4-6-8-10-12-14-16-22(29)30-2/h17,19H,3-16,18H2,1-2H3. The van der Waals surface area contributed by atoms with Crippen LogP contribution in [0.5, 0.6) is 0 Å². The molecular formula is C24H38ClN3O2. The summed E-state index contributed by atoms with van der Waals surface area (Å²) in [4.78, 5) is 19.8. The average Bonchev–Trinajstić information content (AvgIpc) is 3.13. The summed E-state index contributed by atoms with van der Waals surface area (Å²) < 4.78 is 6.85. The van der Waals surface area contributed by atoms with Crippen LogP contribution in [0.25, 0.3) is 11.0 Å². The van der Waals surface area contributed by atoms with E-state index in [0.29, 0.717) is 11.6 Å². The summed E-state index contributed by atoms with van der Waals surface area (Å²) >= 11 is 6.20. The number of aryl methyl sites for hydroxylation is 2. The van der Waals surface area contributed by atoms with Gasteiger partial charge in [-0.3, -0.25) is 4.79 Å². The summed E-state index contributed by atoms with van der Waals surface area (Å²) in [6.07, 6.45) is 19.1. The lowest BCUT2D eigenvalue weighted by atomic mass is 10.0. The van der Waals surface area contributed by atoms with Crippen molar-refractivity contribution in [2.24, 2.45) is 0 Å². The van der Waals surface area contributed by atoms with Crippen LogP contribution in [-0.4, -0.2) is 27.6 Å². The van der Waals surface area contributed by atoms with E-state index in [0.717, 1.165) is 36.2 Å². The minimum Gasteiger partial charge on any atom is -0.469 e. The Morgan fingerprint density at radius 3 is 2.00 bits per heavy atom. The molecule has 0 aliphatic carbocycles. The van der Waals surface area contributed by atoms with Gasteiger partial charge >= 0.3 is 5.97 Å². The molecule has 0 saturated carbocycles. The van der Waals surface area contributed by atoms with Crippen molar-refractivity contribution in [1.82, 2.24) is 14.5 Å². The number of esters is 1. The first-order valence-electron chi connectivity index (χ1n) is 11.7. The SMILES string of the molecule is COC(=O)CCCCCCCCCCCCCCCn1ccc2c(Cl)nc(C)nc21. The van der Waals surface area contributed by atoms with E-state index in [4.69, 9.17) is 11.6 Å². The second-order valence-electron chi connectivity index (χ2n) is 8.23. The zero-order chi connectivity index (χ0) is 21.6. The fourth-order valence-electron chi connectivity index (χ4n) is 3.91. The summed E-state index contributed by atoms with van der Waals surface area (Å²) in [6.45, 7) is 2.88. The van der Waals surface area contributed by atoms with E-state index in [-0.39, 0.29) is 5.97 Å². The molecule has 6 heteroatoms. The van der Waals surface area contributed by atoms with Crippen LogP contribution in [0.15, 0.2) is 12.3 Å². The minimum absolute atomic E-state index is 0.0808. The lowest BCUT2D eigenvalue weighted by Gasteiger charge is -2.06. The monoisotopic (exact) mass is 435 g/mol. The van der Waals surface area contributed by atoms with Crippen molar-refractivity contribution in [3.05, 3.63) is 23.2 Å². The molecule has 0 unspecified atom stereocenters.